The summed E-state index contributed by atoms with van der Waals surface area (Å²) in [6, 6.07) is 2.52. The van der Waals surface area contributed by atoms with E-state index in [0.29, 0.717) is 25.0 Å². The van der Waals surface area contributed by atoms with Gasteiger partial charge in [-0.3, -0.25) is 0 Å². The lowest BCUT2D eigenvalue weighted by Gasteiger charge is -2.18. The average Bonchev–Trinajstić information content (AvgIpc) is 2.92. The summed E-state index contributed by atoms with van der Waals surface area (Å²) in [7, 11) is 0. The summed E-state index contributed by atoms with van der Waals surface area (Å²) in [5.74, 6) is 0.588. The van der Waals surface area contributed by atoms with E-state index in [4.69, 9.17) is 4.42 Å². The molecule has 0 saturated carbocycles. The van der Waals surface area contributed by atoms with Gasteiger partial charge in [0, 0.05) is 20.3 Å². The molecule has 0 aromatic carbocycles. The van der Waals surface area contributed by atoms with E-state index in [1.807, 2.05) is 5.38 Å². The molecule has 0 fully saturated rings. The van der Waals surface area contributed by atoms with Gasteiger partial charge in [0.2, 0.25) is 5.89 Å². The Kier molecular flexibility index (Phi) is 4.59. The number of thiophene rings is 1. The first-order valence-electron chi connectivity index (χ1n) is 5.96. The molecule has 2 N–H and O–H groups in total. The maximum Gasteiger partial charge on any atom is 0.315 e. The summed E-state index contributed by atoms with van der Waals surface area (Å²) in [6.45, 7) is 7.54. The van der Waals surface area contributed by atoms with Crippen LogP contribution in [-0.2, 0) is 13.1 Å². The Morgan fingerprint density at radius 1 is 1.32 bits per heavy atom. The van der Waals surface area contributed by atoms with E-state index in [1.165, 1.54) is 4.88 Å². The van der Waals surface area contributed by atoms with E-state index in [9.17, 15) is 0 Å². The lowest BCUT2D eigenvalue weighted by molar-refractivity contribution is 0.383. The molecular weight excluding hydrogens is 328 g/mol. The minimum atomic E-state index is 0.0330. The Labute approximate surface area is 124 Å². The molecule has 2 heterocycles. The minimum Gasteiger partial charge on any atom is -0.407 e. The molecule has 5 nitrogen and oxygen atoms in total. The molecular formula is C12H17BrN4OS. The predicted octanol–water partition coefficient (Wildman–Crippen LogP) is 3.39. The van der Waals surface area contributed by atoms with Crippen molar-refractivity contribution >= 4 is 33.3 Å². The van der Waals surface area contributed by atoms with Gasteiger partial charge in [-0.2, -0.15) is 0 Å². The van der Waals surface area contributed by atoms with Crippen LogP contribution in [0.4, 0.5) is 6.01 Å². The zero-order valence-corrected chi connectivity index (χ0v) is 13.6. The molecule has 2 aromatic rings. The third-order valence-electron chi connectivity index (χ3n) is 2.27. The van der Waals surface area contributed by atoms with Crippen LogP contribution in [0.25, 0.3) is 0 Å². The van der Waals surface area contributed by atoms with Crippen LogP contribution in [0.3, 0.4) is 0 Å². The predicted molar refractivity (Wildman–Crippen MR) is 80.2 cm³/mol. The van der Waals surface area contributed by atoms with Crippen LogP contribution in [0.2, 0.25) is 0 Å². The number of halogens is 1. The van der Waals surface area contributed by atoms with E-state index >= 15 is 0 Å². The van der Waals surface area contributed by atoms with Crippen molar-refractivity contribution in [1.82, 2.24) is 15.5 Å². The van der Waals surface area contributed by atoms with Crippen molar-refractivity contribution in [2.75, 3.05) is 5.32 Å². The number of nitrogens with one attached hydrogen (secondary N) is 2. The van der Waals surface area contributed by atoms with Crippen LogP contribution in [0, 0.1) is 0 Å². The van der Waals surface area contributed by atoms with Gasteiger partial charge in [0.25, 0.3) is 0 Å². The van der Waals surface area contributed by atoms with Crippen molar-refractivity contribution in [3.05, 3.63) is 26.7 Å². The van der Waals surface area contributed by atoms with Crippen molar-refractivity contribution in [2.24, 2.45) is 0 Å². The summed E-state index contributed by atoms with van der Waals surface area (Å²) in [5, 5.41) is 16.4. The van der Waals surface area contributed by atoms with E-state index < -0.39 is 0 Å². The van der Waals surface area contributed by atoms with Gasteiger partial charge >= 0.3 is 6.01 Å². The Morgan fingerprint density at radius 3 is 2.74 bits per heavy atom. The number of hydrogen-bond acceptors (Lipinski definition) is 6. The van der Waals surface area contributed by atoms with Gasteiger partial charge in [-0.15, -0.1) is 16.4 Å². The van der Waals surface area contributed by atoms with Crippen molar-refractivity contribution in [3.63, 3.8) is 0 Å². The Hall–Kier alpha value is -0.920. The lowest BCUT2D eigenvalue weighted by atomic mass is 10.1. The number of rotatable bonds is 5. The smallest absolute Gasteiger partial charge is 0.315 e. The third kappa shape index (κ3) is 4.93. The van der Waals surface area contributed by atoms with E-state index in [1.54, 1.807) is 11.3 Å². The van der Waals surface area contributed by atoms with Crippen molar-refractivity contribution in [2.45, 2.75) is 39.4 Å². The summed E-state index contributed by atoms with van der Waals surface area (Å²) in [4.78, 5) is 1.21. The van der Waals surface area contributed by atoms with Crippen molar-refractivity contribution < 1.29 is 4.42 Å². The van der Waals surface area contributed by atoms with Gasteiger partial charge < -0.3 is 15.1 Å². The molecule has 104 valence electrons. The molecule has 0 atom stereocenters. The highest BCUT2D eigenvalue weighted by Crippen LogP contribution is 2.20. The largest absolute Gasteiger partial charge is 0.407 e. The topological polar surface area (TPSA) is 63.0 Å². The van der Waals surface area contributed by atoms with Crippen LogP contribution < -0.4 is 10.6 Å². The number of anilines is 1. The summed E-state index contributed by atoms with van der Waals surface area (Å²) in [6.07, 6.45) is 0. The first kappa shape index (κ1) is 14.5. The molecule has 2 rings (SSSR count). The zero-order valence-electron chi connectivity index (χ0n) is 11.2. The Bertz CT molecular complexity index is 532. The molecule has 0 spiro atoms. The van der Waals surface area contributed by atoms with Crippen LogP contribution in [0.15, 0.2) is 20.3 Å². The number of aromatic nitrogens is 2. The molecule has 2 aromatic heterocycles. The van der Waals surface area contributed by atoms with Crippen LogP contribution in [-0.4, -0.2) is 15.7 Å². The highest BCUT2D eigenvalue weighted by Gasteiger charge is 2.12. The van der Waals surface area contributed by atoms with Crippen LogP contribution in [0.5, 0.6) is 0 Å². The van der Waals surface area contributed by atoms with E-state index in [-0.39, 0.29) is 5.54 Å². The first-order valence-corrected chi connectivity index (χ1v) is 7.64. The quantitative estimate of drug-likeness (QED) is 0.870. The molecule has 0 aliphatic rings. The molecule has 7 heteroatoms. The fourth-order valence-corrected chi connectivity index (χ4v) is 2.74. The number of hydrogen-bond donors (Lipinski definition) is 2. The van der Waals surface area contributed by atoms with Crippen molar-refractivity contribution in [1.29, 1.82) is 0 Å². The second kappa shape index (κ2) is 6.02. The van der Waals surface area contributed by atoms with Gasteiger partial charge in [-0.1, -0.05) is 5.10 Å². The lowest BCUT2D eigenvalue weighted by Crippen LogP contribution is -2.35. The highest BCUT2D eigenvalue weighted by atomic mass is 79.9. The van der Waals surface area contributed by atoms with Gasteiger partial charge in [0.1, 0.15) is 0 Å². The van der Waals surface area contributed by atoms with Gasteiger partial charge in [0.05, 0.1) is 13.1 Å². The molecule has 0 amide bonds. The van der Waals surface area contributed by atoms with Gasteiger partial charge in [0.15, 0.2) is 0 Å². The molecule has 0 radical (unpaired) electrons. The van der Waals surface area contributed by atoms with Crippen LogP contribution >= 0.6 is 27.3 Å². The van der Waals surface area contributed by atoms with E-state index in [2.05, 4.69) is 63.6 Å². The van der Waals surface area contributed by atoms with E-state index in [0.717, 1.165) is 4.47 Å². The highest BCUT2D eigenvalue weighted by molar-refractivity contribution is 9.10. The van der Waals surface area contributed by atoms with Gasteiger partial charge in [-0.25, -0.2) is 0 Å². The zero-order chi connectivity index (χ0) is 13.9. The normalized spacial score (nSPS) is 11.8. The molecule has 19 heavy (non-hydrogen) atoms. The summed E-state index contributed by atoms with van der Waals surface area (Å²) >= 11 is 5.10. The standard InChI is InChI=1S/C12H17BrN4OS/c1-12(2,3)15-6-10-16-17-11(18-10)14-5-9-4-8(13)7-19-9/h4,7,15H,5-6H2,1-3H3,(H,14,17). The maximum atomic E-state index is 5.50. The molecule has 0 bridgehead atoms. The number of nitrogens with zero attached hydrogens (tertiary/aromatic N) is 2. The fourth-order valence-electron chi connectivity index (χ4n) is 1.35. The minimum absolute atomic E-state index is 0.0330. The molecule has 0 saturated heterocycles. The Morgan fingerprint density at radius 2 is 2.11 bits per heavy atom. The molecule has 0 aliphatic heterocycles. The van der Waals surface area contributed by atoms with Crippen molar-refractivity contribution in [3.8, 4) is 0 Å². The summed E-state index contributed by atoms with van der Waals surface area (Å²) in [5.41, 5.74) is 0.0330. The SMILES string of the molecule is CC(C)(C)NCc1nnc(NCc2cc(Br)cs2)o1. The second-order valence-electron chi connectivity index (χ2n) is 5.19. The second-order valence-corrected chi connectivity index (χ2v) is 7.10. The summed E-state index contributed by atoms with van der Waals surface area (Å²) < 4.78 is 6.60. The monoisotopic (exact) mass is 344 g/mol. The maximum absolute atomic E-state index is 5.50. The van der Waals surface area contributed by atoms with Gasteiger partial charge in [-0.05, 0) is 42.8 Å². The Balaban J connectivity index is 1.84. The van der Waals surface area contributed by atoms with Crippen LogP contribution in [0.1, 0.15) is 31.5 Å². The fraction of sp³-hybridized carbons (Fsp3) is 0.500. The first-order chi connectivity index (χ1) is 8.92. The average molecular weight is 345 g/mol. The third-order valence-corrected chi connectivity index (χ3v) is 3.97. The molecule has 0 aliphatic carbocycles. The molecule has 0 unspecified atom stereocenters.